The number of quaternary nitrogens is 1. The molecular weight excluding hydrogens is 293 g/mol. The van der Waals surface area contributed by atoms with E-state index < -0.39 is 8.03 Å². The van der Waals surface area contributed by atoms with Crippen molar-refractivity contribution >= 4 is 19.4 Å². The van der Waals surface area contributed by atoms with E-state index in [-0.39, 0.29) is 0 Å². The second-order valence-electron chi connectivity index (χ2n) is 5.72. The summed E-state index contributed by atoms with van der Waals surface area (Å²) in [6, 6.07) is 21.0. The summed E-state index contributed by atoms with van der Waals surface area (Å²) in [6.07, 6.45) is 3.24. The molecule has 0 saturated heterocycles. The van der Waals surface area contributed by atoms with Gasteiger partial charge in [-0.15, -0.1) is 0 Å². The fourth-order valence-corrected chi connectivity index (χ4v) is 3.27. The highest BCUT2D eigenvalue weighted by atomic mass is 31.1. The summed E-state index contributed by atoms with van der Waals surface area (Å²) in [7, 11) is 0.245. The number of nitrogens with zero attached hydrogens (tertiary/aromatic N) is 1. The van der Waals surface area contributed by atoms with Crippen LogP contribution in [0.2, 0.25) is 0 Å². The van der Waals surface area contributed by atoms with Crippen LogP contribution >= 0.6 is 8.03 Å². The minimum Gasteiger partial charge on any atom is -0.261 e. The largest absolute Gasteiger partial charge is 0.505 e. The third kappa shape index (κ3) is 4.48. The van der Waals surface area contributed by atoms with E-state index in [1.54, 1.807) is 0 Å². The van der Waals surface area contributed by atoms with Gasteiger partial charge in [0.05, 0.1) is 13.6 Å². The Morgan fingerprint density at radius 1 is 0.864 bits per heavy atom. The molecule has 0 radical (unpaired) electrons. The average Bonchev–Trinajstić information content (AvgIpc) is 2.55. The highest BCUT2D eigenvalue weighted by Gasteiger charge is 2.27. The van der Waals surface area contributed by atoms with Crippen molar-refractivity contribution in [3.8, 4) is 0 Å². The summed E-state index contributed by atoms with van der Waals surface area (Å²) < 4.78 is 11.5. The Kier molecular flexibility index (Phi) is 6.26. The van der Waals surface area contributed by atoms with E-state index in [0.717, 1.165) is 30.3 Å². The van der Waals surface area contributed by atoms with Gasteiger partial charge in [0.2, 0.25) is 0 Å². The SMILES string of the molecule is C[N+](CCCCC[P+](=O)O)(c1ccccc1)c1ccccc1. The minimum atomic E-state index is -1.99. The van der Waals surface area contributed by atoms with Crippen molar-refractivity contribution in [3.05, 3.63) is 60.7 Å². The van der Waals surface area contributed by atoms with Crippen LogP contribution in [0.15, 0.2) is 60.7 Å². The van der Waals surface area contributed by atoms with Gasteiger partial charge < -0.3 is 0 Å². The molecule has 0 aliphatic heterocycles. The van der Waals surface area contributed by atoms with Gasteiger partial charge in [-0.05, 0) is 48.1 Å². The van der Waals surface area contributed by atoms with Gasteiger partial charge in [-0.1, -0.05) is 36.4 Å². The molecule has 0 amide bonds. The van der Waals surface area contributed by atoms with E-state index >= 15 is 0 Å². The standard InChI is InChI=1S/C18H23NO2P/c1-19(17-11-5-2-6-12-17,18-13-7-3-8-14-18)15-9-4-10-16-22(20)21/h2-3,5-8,11-14H,4,9-10,15-16H2,1H3/q+1/p+1. The lowest BCUT2D eigenvalue weighted by molar-refractivity contribution is 0.434. The van der Waals surface area contributed by atoms with Gasteiger partial charge in [-0.3, -0.25) is 4.48 Å². The van der Waals surface area contributed by atoms with Gasteiger partial charge in [0.1, 0.15) is 11.4 Å². The molecule has 3 nitrogen and oxygen atoms in total. The predicted molar refractivity (Wildman–Crippen MR) is 93.7 cm³/mol. The summed E-state index contributed by atoms with van der Waals surface area (Å²) in [4.78, 5) is 8.87. The van der Waals surface area contributed by atoms with Crippen molar-refractivity contribution in [2.75, 3.05) is 19.8 Å². The van der Waals surface area contributed by atoms with Crippen molar-refractivity contribution < 1.29 is 9.46 Å². The Morgan fingerprint density at radius 2 is 1.36 bits per heavy atom. The molecule has 0 heterocycles. The molecule has 116 valence electrons. The topological polar surface area (TPSA) is 37.3 Å². The van der Waals surface area contributed by atoms with Gasteiger partial charge >= 0.3 is 8.03 Å². The second-order valence-corrected chi connectivity index (χ2v) is 6.87. The number of para-hydroxylation sites is 2. The second kappa shape index (κ2) is 8.19. The van der Waals surface area contributed by atoms with Crippen molar-refractivity contribution in [2.45, 2.75) is 19.3 Å². The summed E-state index contributed by atoms with van der Waals surface area (Å²) in [5, 5.41) is 0. The summed E-state index contributed by atoms with van der Waals surface area (Å²) in [5.41, 5.74) is 2.53. The highest BCUT2D eigenvalue weighted by Crippen LogP contribution is 2.33. The molecule has 1 unspecified atom stereocenters. The van der Waals surface area contributed by atoms with Crippen LogP contribution in [0.25, 0.3) is 0 Å². The lowest BCUT2D eigenvalue weighted by Gasteiger charge is -2.33. The van der Waals surface area contributed by atoms with Crippen molar-refractivity contribution in [1.29, 1.82) is 0 Å². The van der Waals surface area contributed by atoms with Crippen molar-refractivity contribution in [2.24, 2.45) is 0 Å². The third-order valence-corrected chi connectivity index (χ3v) is 4.81. The van der Waals surface area contributed by atoms with E-state index in [4.69, 9.17) is 4.89 Å². The molecule has 0 aromatic heterocycles. The van der Waals surface area contributed by atoms with Crippen LogP contribution in [0, 0.1) is 0 Å². The van der Waals surface area contributed by atoms with E-state index in [1.807, 2.05) is 12.1 Å². The minimum absolute atomic E-state index is 0.412. The van der Waals surface area contributed by atoms with Gasteiger partial charge in [-0.2, -0.15) is 4.89 Å². The number of unbranched alkanes of at least 4 members (excludes halogenated alkanes) is 2. The maximum atomic E-state index is 10.7. The number of rotatable bonds is 8. The highest BCUT2D eigenvalue weighted by molar-refractivity contribution is 7.37. The smallest absolute Gasteiger partial charge is 0.261 e. The molecule has 4 heteroatoms. The van der Waals surface area contributed by atoms with E-state index in [0.29, 0.717) is 6.16 Å². The van der Waals surface area contributed by atoms with E-state index in [1.165, 1.54) is 11.4 Å². The zero-order chi connectivity index (χ0) is 15.8. The molecule has 0 aliphatic carbocycles. The van der Waals surface area contributed by atoms with Gasteiger partial charge in [0, 0.05) is 0 Å². The summed E-state index contributed by atoms with van der Waals surface area (Å²) in [5.74, 6) is 0. The lowest BCUT2D eigenvalue weighted by atomic mass is 10.1. The number of hydrogen-bond donors (Lipinski definition) is 1. The third-order valence-electron chi connectivity index (χ3n) is 4.11. The van der Waals surface area contributed by atoms with Crippen LogP contribution in [-0.4, -0.2) is 24.6 Å². The first kappa shape index (κ1) is 16.8. The molecule has 0 saturated carbocycles. The quantitative estimate of drug-likeness (QED) is 0.429. The van der Waals surface area contributed by atoms with E-state index in [2.05, 4.69) is 55.6 Å². The van der Waals surface area contributed by atoms with Crippen LogP contribution in [0.1, 0.15) is 19.3 Å². The van der Waals surface area contributed by atoms with Crippen molar-refractivity contribution in [3.63, 3.8) is 0 Å². The number of hydrogen-bond acceptors (Lipinski definition) is 1. The lowest BCUT2D eigenvalue weighted by Crippen LogP contribution is -2.40. The maximum Gasteiger partial charge on any atom is 0.505 e. The molecule has 0 spiro atoms. The molecule has 0 fully saturated rings. The van der Waals surface area contributed by atoms with Crippen LogP contribution in [0.3, 0.4) is 0 Å². The number of benzene rings is 2. The van der Waals surface area contributed by atoms with Crippen LogP contribution < -0.4 is 4.48 Å². The fourth-order valence-electron chi connectivity index (χ4n) is 2.77. The monoisotopic (exact) mass is 317 g/mol. The molecule has 2 aromatic rings. The molecule has 1 N–H and O–H groups in total. The first-order chi connectivity index (χ1) is 10.6. The Balaban J connectivity index is 2.11. The molecule has 1 atom stereocenters. The maximum absolute atomic E-state index is 10.7. The Hall–Kier alpha value is -1.54. The molecule has 0 bridgehead atoms. The first-order valence-corrected chi connectivity index (χ1v) is 9.13. The zero-order valence-corrected chi connectivity index (χ0v) is 14.0. The average molecular weight is 317 g/mol. The van der Waals surface area contributed by atoms with E-state index in [9.17, 15) is 4.57 Å². The zero-order valence-electron chi connectivity index (χ0n) is 13.1. The Morgan fingerprint density at radius 3 is 1.82 bits per heavy atom. The van der Waals surface area contributed by atoms with Gasteiger partial charge in [-0.25, -0.2) is 0 Å². The first-order valence-electron chi connectivity index (χ1n) is 7.73. The molecule has 0 aliphatic rings. The molecule has 2 aromatic carbocycles. The summed E-state index contributed by atoms with van der Waals surface area (Å²) in [6.45, 7) is 0.982. The normalized spacial score (nSPS) is 12.2. The van der Waals surface area contributed by atoms with Crippen LogP contribution in [0.5, 0.6) is 0 Å². The van der Waals surface area contributed by atoms with Gasteiger partial charge in [0.25, 0.3) is 0 Å². The van der Waals surface area contributed by atoms with Crippen molar-refractivity contribution in [1.82, 2.24) is 4.48 Å². The molecule has 2 rings (SSSR count). The predicted octanol–water partition coefficient (Wildman–Crippen LogP) is 4.86. The van der Waals surface area contributed by atoms with Gasteiger partial charge in [0.15, 0.2) is 6.16 Å². The Labute approximate surface area is 133 Å². The summed E-state index contributed by atoms with van der Waals surface area (Å²) >= 11 is 0. The fraction of sp³-hybridized carbons (Fsp3) is 0.333. The van der Waals surface area contributed by atoms with Crippen LogP contribution in [0.4, 0.5) is 11.4 Å². The van der Waals surface area contributed by atoms with Crippen LogP contribution in [-0.2, 0) is 4.57 Å². The molecule has 22 heavy (non-hydrogen) atoms. The molecular formula is C18H24NO2P+2. The Bertz CT molecular complexity index is 547.